The zero-order valence-corrected chi connectivity index (χ0v) is 14.5. The summed E-state index contributed by atoms with van der Waals surface area (Å²) in [4.78, 5) is 4.38. The van der Waals surface area contributed by atoms with Crippen LogP contribution in [0.3, 0.4) is 0 Å². The van der Waals surface area contributed by atoms with E-state index in [1.807, 2.05) is 36.4 Å². The largest absolute Gasteiger partial charge is 0.507 e. The van der Waals surface area contributed by atoms with Gasteiger partial charge in [-0.25, -0.2) is 0 Å². The number of nitrogens with zero attached hydrogens (tertiary/aromatic N) is 2. The number of hydrogen-bond donors (Lipinski definition) is 1. The second-order valence-corrected chi connectivity index (χ2v) is 6.47. The third kappa shape index (κ3) is 3.26. The number of benzene rings is 2. The van der Waals surface area contributed by atoms with E-state index in [0.29, 0.717) is 23.7 Å². The summed E-state index contributed by atoms with van der Waals surface area (Å²) in [6, 6.07) is 13.2. The van der Waals surface area contributed by atoms with Crippen molar-refractivity contribution >= 4 is 38.5 Å². The fourth-order valence-corrected chi connectivity index (χ4v) is 2.66. The van der Waals surface area contributed by atoms with Crippen molar-refractivity contribution in [2.24, 2.45) is 0 Å². The van der Waals surface area contributed by atoms with Crippen molar-refractivity contribution in [3.63, 3.8) is 0 Å². The lowest BCUT2D eigenvalue weighted by Gasteiger charge is -1.99. The molecule has 0 bridgehead atoms. The molecule has 3 aromatic rings. The minimum Gasteiger partial charge on any atom is -0.507 e. The van der Waals surface area contributed by atoms with Crippen molar-refractivity contribution in [1.82, 2.24) is 10.1 Å². The third-order valence-electron chi connectivity index (χ3n) is 2.97. The highest BCUT2D eigenvalue weighted by atomic mass is 127. The Kier molecular flexibility index (Phi) is 4.25. The second-order valence-electron chi connectivity index (χ2n) is 4.45. The number of aromatic hydroxyl groups is 1. The van der Waals surface area contributed by atoms with Crippen molar-refractivity contribution in [2.45, 2.75) is 6.42 Å². The summed E-state index contributed by atoms with van der Waals surface area (Å²) in [6.07, 6.45) is 0.585. The molecule has 0 fully saturated rings. The average Bonchev–Trinajstić information content (AvgIpc) is 2.93. The second kappa shape index (κ2) is 6.15. The van der Waals surface area contributed by atoms with Crippen molar-refractivity contribution in [3.05, 3.63) is 61.9 Å². The number of hydrogen-bond acceptors (Lipinski definition) is 4. The van der Waals surface area contributed by atoms with Gasteiger partial charge in [0.2, 0.25) is 0 Å². The predicted molar refractivity (Wildman–Crippen MR) is 91.1 cm³/mol. The summed E-state index contributed by atoms with van der Waals surface area (Å²) in [5, 5.41) is 13.7. The van der Waals surface area contributed by atoms with E-state index < -0.39 is 0 Å². The van der Waals surface area contributed by atoms with Gasteiger partial charge in [0.1, 0.15) is 5.75 Å². The molecule has 1 aromatic heterocycles. The van der Waals surface area contributed by atoms with E-state index in [2.05, 4.69) is 48.7 Å². The van der Waals surface area contributed by atoms with E-state index >= 15 is 0 Å². The molecule has 3 rings (SSSR count). The van der Waals surface area contributed by atoms with Crippen LogP contribution in [0.1, 0.15) is 11.4 Å². The smallest absolute Gasteiger partial charge is 0.258 e. The third-order valence-corrected chi connectivity index (χ3v) is 4.65. The summed E-state index contributed by atoms with van der Waals surface area (Å²) in [6.45, 7) is 0. The van der Waals surface area contributed by atoms with Gasteiger partial charge in [-0.3, -0.25) is 0 Å². The first kappa shape index (κ1) is 14.5. The van der Waals surface area contributed by atoms with Gasteiger partial charge in [-0.2, -0.15) is 4.98 Å². The fourth-order valence-electron chi connectivity index (χ4n) is 1.90. The Balaban J connectivity index is 1.86. The summed E-state index contributed by atoms with van der Waals surface area (Å²) >= 11 is 5.57. The summed E-state index contributed by atoms with van der Waals surface area (Å²) in [7, 11) is 0. The van der Waals surface area contributed by atoms with Crippen LogP contribution in [-0.4, -0.2) is 15.2 Å². The lowest BCUT2D eigenvalue weighted by Crippen LogP contribution is -1.91. The van der Waals surface area contributed by atoms with Gasteiger partial charge in [-0.1, -0.05) is 39.3 Å². The SMILES string of the molecule is Oc1cc(-c2nc(Cc3ccccc3Br)no2)ccc1I. The van der Waals surface area contributed by atoms with Gasteiger partial charge in [-0.15, -0.1) is 0 Å². The minimum atomic E-state index is 0.207. The molecule has 0 amide bonds. The Morgan fingerprint density at radius 2 is 2.00 bits per heavy atom. The molecule has 4 nitrogen and oxygen atoms in total. The van der Waals surface area contributed by atoms with E-state index in [-0.39, 0.29) is 5.75 Å². The van der Waals surface area contributed by atoms with Crippen LogP contribution in [0, 0.1) is 3.57 Å². The number of aromatic nitrogens is 2. The predicted octanol–water partition coefficient (Wildman–Crippen LogP) is 4.40. The van der Waals surface area contributed by atoms with Gasteiger partial charge in [0.05, 0.1) is 3.57 Å². The van der Waals surface area contributed by atoms with Crippen molar-refractivity contribution in [1.29, 1.82) is 0 Å². The van der Waals surface area contributed by atoms with Crippen molar-refractivity contribution in [2.75, 3.05) is 0 Å². The molecule has 6 heteroatoms. The molecule has 0 spiro atoms. The molecule has 0 aliphatic heterocycles. The van der Waals surface area contributed by atoms with Crippen LogP contribution in [0.2, 0.25) is 0 Å². The highest BCUT2D eigenvalue weighted by Crippen LogP contribution is 2.27. The minimum absolute atomic E-state index is 0.207. The Morgan fingerprint density at radius 3 is 2.76 bits per heavy atom. The van der Waals surface area contributed by atoms with Gasteiger partial charge in [0.15, 0.2) is 5.82 Å². The van der Waals surface area contributed by atoms with E-state index in [1.165, 1.54) is 0 Å². The quantitative estimate of drug-likeness (QED) is 0.593. The molecule has 0 aliphatic carbocycles. The van der Waals surface area contributed by atoms with Crippen LogP contribution in [-0.2, 0) is 6.42 Å². The van der Waals surface area contributed by atoms with Crippen LogP contribution in [0.15, 0.2) is 51.5 Å². The van der Waals surface area contributed by atoms with Gasteiger partial charge >= 0.3 is 0 Å². The first-order valence-corrected chi connectivity index (χ1v) is 8.05. The van der Waals surface area contributed by atoms with Gasteiger partial charge in [0, 0.05) is 16.5 Å². The Hall–Kier alpha value is -1.41. The van der Waals surface area contributed by atoms with Crippen molar-refractivity contribution < 1.29 is 9.63 Å². The maximum Gasteiger partial charge on any atom is 0.258 e. The van der Waals surface area contributed by atoms with Gasteiger partial charge < -0.3 is 9.63 Å². The molecular formula is C15H10BrIN2O2. The van der Waals surface area contributed by atoms with E-state index in [1.54, 1.807) is 6.07 Å². The molecule has 21 heavy (non-hydrogen) atoms. The standard InChI is InChI=1S/C15H10BrIN2O2/c16-11-4-2-1-3-9(11)8-14-18-15(21-19-14)10-5-6-12(17)13(20)7-10/h1-7,20H,8H2. The zero-order valence-electron chi connectivity index (χ0n) is 10.8. The molecule has 0 unspecified atom stereocenters. The number of rotatable bonds is 3. The first-order valence-electron chi connectivity index (χ1n) is 6.18. The molecule has 0 saturated carbocycles. The fraction of sp³-hybridized carbons (Fsp3) is 0.0667. The molecule has 0 atom stereocenters. The van der Waals surface area contributed by atoms with Crippen molar-refractivity contribution in [3.8, 4) is 17.2 Å². The van der Waals surface area contributed by atoms with Crippen LogP contribution in [0.4, 0.5) is 0 Å². The van der Waals surface area contributed by atoms with Gasteiger partial charge in [-0.05, 0) is 52.4 Å². The monoisotopic (exact) mass is 456 g/mol. The zero-order chi connectivity index (χ0) is 14.8. The Labute approximate surface area is 143 Å². The highest BCUT2D eigenvalue weighted by Gasteiger charge is 2.12. The first-order chi connectivity index (χ1) is 10.1. The van der Waals surface area contributed by atoms with Crippen LogP contribution < -0.4 is 0 Å². The lowest BCUT2D eigenvalue weighted by molar-refractivity contribution is 0.423. The number of phenolic OH excluding ortho intramolecular Hbond substituents is 1. The molecule has 106 valence electrons. The summed E-state index contributed by atoms with van der Waals surface area (Å²) < 4.78 is 7.07. The molecule has 2 aromatic carbocycles. The maximum absolute atomic E-state index is 9.74. The molecule has 0 radical (unpaired) electrons. The highest BCUT2D eigenvalue weighted by molar-refractivity contribution is 14.1. The Bertz CT molecular complexity index is 789. The van der Waals surface area contributed by atoms with E-state index in [9.17, 15) is 5.11 Å². The lowest BCUT2D eigenvalue weighted by atomic mass is 10.1. The number of phenols is 1. The van der Waals surface area contributed by atoms with Crippen LogP contribution >= 0.6 is 38.5 Å². The maximum atomic E-state index is 9.74. The number of halogens is 2. The molecule has 0 aliphatic rings. The topological polar surface area (TPSA) is 59.2 Å². The average molecular weight is 457 g/mol. The summed E-state index contributed by atoms with van der Waals surface area (Å²) in [5.41, 5.74) is 1.80. The summed E-state index contributed by atoms with van der Waals surface area (Å²) in [5.74, 6) is 1.22. The molecule has 1 N–H and O–H groups in total. The molecular weight excluding hydrogens is 447 g/mol. The van der Waals surface area contributed by atoms with Gasteiger partial charge in [0.25, 0.3) is 5.89 Å². The molecule has 0 saturated heterocycles. The Morgan fingerprint density at radius 1 is 1.19 bits per heavy atom. The normalized spacial score (nSPS) is 10.8. The van der Waals surface area contributed by atoms with Crippen LogP contribution in [0.25, 0.3) is 11.5 Å². The van der Waals surface area contributed by atoms with Crippen LogP contribution in [0.5, 0.6) is 5.75 Å². The van der Waals surface area contributed by atoms with E-state index in [4.69, 9.17) is 4.52 Å². The molecule has 1 heterocycles. The van der Waals surface area contributed by atoms with E-state index in [0.717, 1.165) is 13.6 Å².